The predicted octanol–water partition coefficient (Wildman–Crippen LogP) is 2.87. The Labute approximate surface area is 89.8 Å². The Bertz CT molecular complexity index is 300. The third-order valence-corrected chi connectivity index (χ3v) is 4.01. The van der Waals surface area contributed by atoms with Gasteiger partial charge in [0.05, 0.1) is 0 Å². The summed E-state index contributed by atoms with van der Waals surface area (Å²) in [4.78, 5) is 4.46. The largest absolute Gasteiger partial charge is 0.305 e. The summed E-state index contributed by atoms with van der Waals surface area (Å²) in [5.74, 6) is 0. The highest BCUT2D eigenvalue weighted by Crippen LogP contribution is 2.29. The molecule has 1 aromatic rings. The van der Waals surface area contributed by atoms with Crippen LogP contribution >= 0.6 is 11.3 Å². The van der Waals surface area contributed by atoms with Crippen molar-refractivity contribution in [2.45, 2.75) is 51.6 Å². The molecule has 0 spiro atoms. The maximum absolute atomic E-state index is 4.46. The molecule has 0 saturated heterocycles. The van der Waals surface area contributed by atoms with Crippen molar-refractivity contribution in [1.29, 1.82) is 0 Å². The van der Waals surface area contributed by atoms with Gasteiger partial charge in [-0.15, -0.1) is 11.3 Å². The molecule has 14 heavy (non-hydrogen) atoms. The second kappa shape index (κ2) is 3.99. The predicted molar refractivity (Wildman–Crippen MR) is 60.6 cm³/mol. The zero-order valence-electron chi connectivity index (χ0n) is 8.97. The molecule has 0 aliphatic heterocycles. The number of thiazole rings is 1. The summed E-state index contributed by atoms with van der Waals surface area (Å²) in [5.41, 5.74) is 1.52. The van der Waals surface area contributed by atoms with Crippen LogP contribution in [0, 0.1) is 6.92 Å². The molecule has 1 aliphatic carbocycles. The fourth-order valence-electron chi connectivity index (χ4n) is 2.11. The van der Waals surface area contributed by atoms with Crippen molar-refractivity contribution >= 4 is 11.3 Å². The van der Waals surface area contributed by atoms with E-state index < -0.39 is 0 Å². The van der Waals surface area contributed by atoms with Crippen LogP contribution < -0.4 is 5.32 Å². The average molecular weight is 210 g/mol. The van der Waals surface area contributed by atoms with E-state index in [4.69, 9.17) is 0 Å². The Morgan fingerprint density at radius 3 is 2.79 bits per heavy atom. The molecular formula is C11H18N2S. The lowest BCUT2D eigenvalue weighted by Gasteiger charge is -2.24. The molecule has 3 heteroatoms. The molecule has 1 aliphatic rings. The first-order chi connectivity index (χ1) is 6.68. The van der Waals surface area contributed by atoms with E-state index in [-0.39, 0.29) is 0 Å². The smallest absolute Gasteiger partial charge is 0.107 e. The first kappa shape index (κ1) is 10.1. The van der Waals surface area contributed by atoms with Crippen molar-refractivity contribution in [3.8, 4) is 0 Å². The molecule has 2 nitrogen and oxygen atoms in total. The highest BCUT2D eigenvalue weighted by atomic mass is 32.1. The molecule has 78 valence electrons. The fraction of sp³-hybridized carbons (Fsp3) is 0.727. The van der Waals surface area contributed by atoms with Gasteiger partial charge in [-0.2, -0.15) is 0 Å². The second-order valence-electron chi connectivity index (χ2n) is 4.50. The van der Waals surface area contributed by atoms with Gasteiger partial charge in [-0.3, -0.25) is 0 Å². The molecule has 1 aromatic heterocycles. The quantitative estimate of drug-likeness (QED) is 0.829. The van der Waals surface area contributed by atoms with Gasteiger partial charge in [0, 0.05) is 23.2 Å². The maximum Gasteiger partial charge on any atom is 0.107 e. The van der Waals surface area contributed by atoms with Crippen LogP contribution in [0.4, 0.5) is 0 Å². The van der Waals surface area contributed by atoms with Crippen LogP contribution in [-0.4, -0.2) is 10.5 Å². The Balaban J connectivity index is 1.87. The number of nitrogens with one attached hydrogen (secondary N) is 1. The number of nitrogens with zero attached hydrogens (tertiary/aromatic N) is 1. The van der Waals surface area contributed by atoms with Crippen LogP contribution in [0.1, 0.15) is 43.3 Å². The summed E-state index contributed by atoms with van der Waals surface area (Å²) in [6, 6.07) is 0. The van der Waals surface area contributed by atoms with Crippen molar-refractivity contribution in [3.63, 3.8) is 0 Å². The maximum atomic E-state index is 4.46. The van der Waals surface area contributed by atoms with E-state index in [1.165, 1.54) is 30.7 Å². The second-order valence-corrected chi connectivity index (χ2v) is 5.45. The Kier molecular flexibility index (Phi) is 2.88. The monoisotopic (exact) mass is 210 g/mol. The molecule has 0 radical (unpaired) electrons. The van der Waals surface area contributed by atoms with E-state index >= 15 is 0 Å². The molecule has 0 atom stereocenters. The molecule has 0 amide bonds. The van der Waals surface area contributed by atoms with Crippen LogP contribution in [0.15, 0.2) is 5.38 Å². The summed E-state index contributed by atoms with van der Waals surface area (Å²) in [7, 11) is 0. The molecule has 1 heterocycles. The third-order valence-electron chi connectivity index (χ3n) is 3.04. The SMILES string of the molecule is Cc1csc(CNC2(C)CCCC2)n1. The standard InChI is InChI=1S/C11H18N2S/c1-9-8-14-10(13-9)7-12-11(2)5-3-4-6-11/h8,12H,3-7H2,1-2H3. The van der Waals surface area contributed by atoms with Gasteiger partial charge >= 0.3 is 0 Å². The molecule has 0 unspecified atom stereocenters. The first-order valence-electron chi connectivity index (χ1n) is 5.34. The van der Waals surface area contributed by atoms with Crippen LogP contribution in [0.3, 0.4) is 0 Å². The minimum Gasteiger partial charge on any atom is -0.305 e. The third kappa shape index (κ3) is 2.34. The number of aryl methyl sites for hydroxylation is 1. The van der Waals surface area contributed by atoms with E-state index in [9.17, 15) is 0 Å². The van der Waals surface area contributed by atoms with Crippen molar-refractivity contribution in [3.05, 3.63) is 16.1 Å². The van der Waals surface area contributed by atoms with E-state index in [1.54, 1.807) is 11.3 Å². The normalized spacial score (nSPS) is 20.1. The van der Waals surface area contributed by atoms with Crippen LogP contribution in [0.25, 0.3) is 0 Å². The van der Waals surface area contributed by atoms with Gasteiger partial charge in [0.15, 0.2) is 0 Å². The molecule has 1 fully saturated rings. The number of hydrogen-bond donors (Lipinski definition) is 1. The minimum atomic E-state index is 0.375. The first-order valence-corrected chi connectivity index (χ1v) is 6.22. The van der Waals surface area contributed by atoms with Gasteiger partial charge in [0.2, 0.25) is 0 Å². The van der Waals surface area contributed by atoms with Gasteiger partial charge in [-0.05, 0) is 26.7 Å². The average Bonchev–Trinajstić information content (AvgIpc) is 2.73. The Morgan fingerprint density at radius 1 is 1.50 bits per heavy atom. The van der Waals surface area contributed by atoms with E-state index in [0.29, 0.717) is 5.54 Å². The summed E-state index contributed by atoms with van der Waals surface area (Å²) in [6.07, 6.45) is 5.38. The van der Waals surface area contributed by atoms with Crippen molar-refractivity contribution in [2.75, 3.05) is 0 Å². The summed E-state index contributed by atoms with van der Waals surface area (Å²) in [5, 5.41) is 6.97. The number of rotatable bonds is 3. The summed E-state index contributed by atoms with van der Waals surface area (Å²) in [6.45, 7) is 5.33. The molecule has 0 bridgehead atoms. The lowest BCUT2D eigenvalue weighted by molar-refractivity contribution is 0.362. The summed E-state index contributed by atoms with van der Waals surface area (Å²) < 4.78 is 0. The molecule has 1 saturated carbocycles. The van der Waals surface area contributed by atoms with Gasteiger partial charge < -0.3 is 5.32 Å². The summed E-state index contributed by atoms with van der Waals surface area (Å²) >= 11 is 1.76. The zero-order chi connectivity index (χ0) is 10.0. The fourth-order valence-corrected chi connectivity index (χ4v) is 2.82. The van der Waals surface area contributed by atoms with Crippen LogP contribution in [-0.2, 0) is 6.54 Å². The number of aromatic nitrogens is 1. The van der Waals surface area contributed by atoms with E-state index in [1.807, 2.05) is 0 Å². The lowest BCUT2D eigenvalue weighted by atomic mass is 10.0. The lowest BCUT2D eigenvalue weighted by Crippen LogP contribution is -2.38. The molecular weight excluding hydrogens is 192 g/mol. The van der Waals surface area contributed by atoms with Crippen molar-refractivity contribution < 1.29 is 0 Å². The topological polar surface area (TPSA) is 24.9 Å². The van der Waals surface area contributed by atoms with Gasteiger partial charge in [0.25, 0.3) is 0 Å². The van der Waals surface area contributed by atoms with Gasteiger partial charge in [-0.1, -0.05) is 12.8 Å². The van der Waals surface area contributed by atoms with Crippen LogP contribution in [0.2, 0.25) is 0 Å². The highest BCUT2D eigenvalue weighted by molar-refractivity contribution is 7.09. The van der Waals surface area contributed by atoms with Crippen molar-refractivity contribution in [2.24, 2.45) is 0 Å². The Morgan fingerprint density at radius 2 is 2.21 bits per heavy atom. The number of hydrogen-bond acceptors (Lipinski definition) is 3. The Hall–Kier alpha value is -0.410. The molecule has 0 aromatic carbocycles. The molecule has 1 N–H and O–H groups in total. The minimum absolute atomic E-state index is 0.375. The zero-order valence-corrected chi connectivity index (χ0v) is 9.78. The highest BCUT2D eigenvalue weighted by Gasteiger charge is 2.27. The van der Waals surface area contributed by atoms with Gasteiger partial charge in [-0.25, -0.2) is 4.98 Å². The molecule has 2 rings (SSSR count). The van der Waals surface area contributed by atoms with Gasteiger partial charge in [0.1, 0.15) is 5.01 Å². The van der Waals surface area contributed by atoms with E-state index in [0.717, 1.165) is 12.2 Å². The van der Waals surface area contributed by atoms with Crippen molar-refractivity contribution in [1.82, 2.24) is 10.3 Å². The van der Waals surface area contributed by atoms with E-state index in [2.05, 4.69) is 29.5 Å². The van der Waals surface area contributed by atoms with Crippen LogP contribution in [0.5, 0.6) is 0 Å².